The van der Waals surface area contributed by atoms with Gasteiger partial charge >= 0.3 is 5.97 Å². The second kappa shape index (κ2) is 5.44. The summed E-state index contributed by atoms with van der Waals surface area (Å²) in [6.07, 6.45) is 2.69. The van der Waals surface area contributed by atoms with Gasteiger partial charge in [-0.1, -0.05) is 0 Å². The van der Waals surface area contributed by atoms with Gasteiger partial charge in [0.2, 0.25) is 5.91 Å². The van der Waals surface area contributed by atoms with E-state index in [1.165, 1.54) is 19.5 Å². The van der Waals surface area contributed by atoms with E-state index in [0.29, 0.717) is 12.4 Å². The molecule has 7 nitrogen and oxygen atoms in total. The molecule has 0 fully saturated rings. The second-order valence-electron chi connectivity index (χ2n) is 4.38. The van der Waals surface area contributed by atoms with E-state index >= 15 is 0 Å². The summed E-state index contributed by atoms with van der Waals surface area (Å²) in [5.74, 6) is -0.502. The van der Waals surface area contributed by atoms with Crippen LogP contribution in [0.15, 0.2) is 12.4 Å². The summed E-state index contributed by atoms with van der Waals surface area (Å²) in [7, 11) is 1.27. The van der Waals surface area contributed by atoms with Crippen molar-refractivity contribution in [2.45, 2.75) is 13.8 Å². The van der Waals surface area contributed by atoms with Gasteiger partial charge in [-0.25, -0.2) is 14.8 Å². The molecule has 0 aromatic carbocycles. The Morgan fingerprint density at radius 1 is 1.39 bits per heavy atom. The molecule has 1 heterocycles. The van der Waals surface area contributed by atoms with Gasteiger partial charge < -0.3 is 15.8 Å². The number of rotatable bonds is 5. The van der Waals surface area contributed by atoms with Crippen molar-refractivity contribution in [1.82, 2.24) is 9.97 Å². The lowest BCUT2D eigenvalue weighted by molar-refractivity contribution is -0.125. The maximum Gasteiger partial charge on any atom is 0.358 e. The van der Waals surface area contributed by atoms with Crippen molar-refractivity contribution in [2.75, 3.05) is 19.0 Å². The van der Waals surface area contributed by atoms with Crippen LogP contribution in [-0.2, 0) is 9.53 Å². The van der Waals surface area contributed by atoms with E-state index < -0.39 is 17.3 Å². The van der Waals surface area contributed by atoms with E-state index in [4.69, 9.17) is 5.73 Å². The van der Waals surface area contributed by atoms with Crippen molar-refractivity contribution in [3.8, 4) is 0 Å². The number of nitrogens with zero attached hydrogens (tertiary/aromatic N) is 2. The van der Waals surface area contributed by atoms with Gasteiger partial charge in [0.1, 0.15) is 5.82 Å². The van der Waals surface area contributed by atoms with Crippen LogP contribution < -0.4 is 11.1 Å². The molecule has 0 aliphatic rings. The number of ether oxygens (including phenoxy) is 1. The number of aromatic nitrogens is 2. The van der Waals surface area contributed by atoms with Gasteiger partial charge in [-0.15, -0.1) is 0 Å². The van der Waals surface area contributed by atoms with Crippen LogP contribution in [0.3, 0.4) is 0 Å². The van der Waals surface area contributed by atoms with Crippen LogP contribution >= 0.6 is 0 Å². The van der Waals surface area contributed by atoms with Crippen molar-refractivity contribution >= 4 is 17.7 Å². The van der Waals surface area contributed by atoms with Crippen molar-refractivity contribution in [3.63, 3.8) is 0 Å². The van der Waals surface area contributed by atoms with Crippen LogP contribution in [0.25, 0.3) is 0 Å². The predicted octanol–water partition coefficient (Wildman–Crippen LogP) is 0.187. The zero-order chi connectivity index (χ0) is 13.8. The van der Waals surface area contributed by atoms with Gasteiger partial charge in [0.05, 0.1) is 24.9 Å². The third kappa shape index (κ3) is 3.41. The Morgan fingerprint density at radius 3 is 2.50 bits per heavy atom. The fraction of sp³-hybridized carbons (Fsp3) is 0.455. The molecule has 0 radical (unpaired) electrons. The van der Waals surface area contributed by atoms with E-state index in [-0.39, 0.29) is 5.69 Å². The Morgan fingerprint density at radius 2 is 2.06 bits per heavy atom. The minimum Gasteiger partial charge on any atom is -0.464 e. The van der Waals surface area contributed by atoms with Crippen molar-refractivity contribution in [2.24, 2.45) is 11.1 Å². The SMILES string of the molecule is COC(=O)c1cnc(NCC(C)(C)C(N)=O)cn1. The number of nitrogens with two attached hydrogens (primary N) is 1. The van der Waals surface area contributed by atoms with Gasteiger partial charge in [-0.3, -0.25) is 4.79 Å². The summed E-state index contributed by atoms with van der Waals surface area (Å²) in [5.41, 5.74) is 4.67. The Labute approximate surface area is 105 Å². The van der Waals surface area contributed by atoms with Crippen LogP contribution in [0.5, 0.6) is 0 Å². The standard InChI is InChI=1S/C11H16N4O3/c1-11(2,10(12)17)6-15-8-5-13-7(4-14-8)9(16)18-3/h4-5H,6H2,1-3H3,(H2,12,17)(H,14,15). The summed E-state index contributed by atoms with van der Waals surface area (Å²) >= 11 is 0. The van der Waals surface area contributed by atoms with E-state index in [1.54, 1.807) is 13.8 Å². The molecular formula is C11H16N4O3. The molecule has 18 heavy (non-hydrogen) atoms. The smallest absolute Gasteiger partial charge is 0.358 e. The Bertz CT molecular complexity index is 442. The molecule has 1 aromatic heterocycles. The number of amides is 1. The van der Waals surface area contributed by atoms with E-state index in [1.807, 2.05) is 0 Å². The lowest BCUT2D eigenvalue weighted by Crippen LogP contribution is -2.37. The monoisotopic (exact) mass is 252 g/mol. The fourth-order valence-electron chi connectivity index (χ4n) is 1.03. The molecule has 0 aliphatic heterocycles. The van der Waals surface area contributed by atoms with E-state index in [0.717, 1.165) is 0 Å². The first-order chi connectivity index (χ1) is 8.36. The van der Waals surface area contributed by atoms with Crippen molar-refractivity contribution in [3.05, 3.63) is 18.1 Å². The number of primary amides is 1. The minimum absolute atomic E-state index is 0.122. The van der Waals surface area contributed by atoms with Crippen LogP contribution in [0.1, 0.15) is 24.3 Å². The number of hydrogen-bond acceptors (Lipinski definition) is 6. The van der Waals surface area contributed by atoms with Crippen LogP contribution in [-0.4, -0.2) is 35.5 Å². The number of hydrogen-bond donors (Lipinski definition) is 2. The van der Waals surface area contributed by atoms with Crippen LogP contribution in [0, 0.1) is 5.41 Å². The number of esters is 1. The van der Waals surface area contributed by atoms with Crippen molar-refractivity contribution in [1.29, 1.82) is 0 Å². The topological polar surface area (TPSA) is 107 Å². The number of nitrogens with one attached hydrogen (secondary N) is 1. The molecule has 0 spiro atoms. The maximum atomic E-state index is 11.1. The average Bonchev–Trinajstić information content (AvgIpc) is 2.36. The van der Waals surface area contributed by atoms with Gasteiger partial charge in [-0.2, -0.15) is 0 Å². The molecule has 0 unspecified atom stereocenters. The highest BCUT2D eigenvalue weighted by Gasteiger charge is 2.24. The Kier molecular flexibility index (Phi) is 4.19. The Balaban J connectivity index is 2.65. The van der Waals surface area contributed by atoms with Gasteiger partial charge in [0.15, 0.2) is 5.69 Å². The van der Waals surface area contributed by atoms with Crippen LogP contribution in [0.4, 0.5) is 5.82 Å². The molecule has 0 saturated heterocycles. The average molecular weight is 252 g/mol. The molecule has 0 aliphatic carbocycles. The molecule has 0 atom stereocenters. The molecular weight excluding hydrogens is 236 g/mol. The molecule has 7 heteroatoms. The summed E-state index contributed by atoms with van der Waals surface area (Å²) in [4.78, 5) is 30.1. The van der Waals surface area contributed by atoms with Gasteiger partial charge in [0, 0.05) is 6.54 Å². The van der Waals surface area contributed by atoms with Crippen molar-refractivity contribution < 1.29 is 14.3 Å². The highest BCUT2D eigenvalue weighted by Crippen LogP contribution is 2.14. The molecule has 3 N–H and O–H groups in total. The number of carbonyl (C=O) groups excluding carboxylic acids is 2. The lowest BCUT2D eigenvalue weighted by Gasteiger charge is -2.20. The zero-order valence-electron chi connectivity index (χ0n) is 10.6. The quantitative estimate of drug-likeness (QED) is 0.724. The first kappa shape index (κ1) is 13.9. The molecule has 98 valence electrons. The molecule has 1 amide bonds. The summed E-state index contributed by atoms with van der Waals surface area (Å²) in [5, 5.41) is 2.92. The fourth-order valence-corrected chi connectivity index (χ4v) is 1.03. The lowest BCUT2D eigenvalue weighted by atomic mass is 9.93. The van der Waals surface area contributed by atoms with Gasteiger partial charge in [0.25, 0.3) is 0 Å². The van der Waals surface area contributed by atoms with E-state index in [9.17, 15) is 9.59 Å². The molecule has 1 aromatic rings. The first-order valence-electron chi connectivity index (χ1n) is 5.31. The van der Waals surface area contributed by atoms with Gasteiger partial charge in [-0.05, 0) is 13.8 Å². The normalized spacial score (nSPS) is 10.8. The zero-order valence-corrected chi connectivity index (χ0v) is 10.6. The Hall–Kier alpha value is -2.18. The minimum atomic E-state index is -0.692. The summed E-state index contributed by atoms with van der Waals surface area (Å²) in [6, 6.07) is 0. The second-order valence-corrected chi connectivity index (χ2v) is 4.38. The highest BCUT2D eigenvalue weighted by atomic mass is 16.5. The molecule has 0 saturated carbocycles. The third-order valence-corrected chi connectivity index (χ3v) is 2.42. The summed E-state index contributed by atoms with van der Waals surface area (Å²) in [6.45, 7) is 3.77. The third-order valence-electron chi connectivity index (χ3n) is 2.42. The molecule has 0 bridgehead atoms. The van der Waals surface area contributed by atoms with Crippen LogP contribution in [0.2, 0.25) is 0 Å². The largest absolute Gasteiger partial charge is 0.464 e. The van der Waals surface area contributed by atoms with E-state index in [2.05, 4.69) is 20.0 Å². The number of methoxy groups -OCH3 is 1. The summed E-state index contributed by atoms with van der Waals surface area (Å²) < 4.78 is 4.50. The number of anilines is 1. The predicted molar refractivity (Wildman–Crippen MR) is 64.8 cm³/mol. The first-order valence-corrected chi connectivity index (χ1v) is 5.31. The number of carbonyl (C=O) groups is 2. The maximum absolute atomic E-state index is 11.1. The molecule has 1 rings (SSSR count). The highest BCUT2D eigenvalue weighted by molar-refractivity contribution is 5.86.